The molecule has 152 valence electrons. The molecular formula is C18H20N6O4S. The Hall–Kier alpha value is -2.89. The Morgan fingerprint density at radius 2 is 1.93 bits per heavy atom. The second-order valence-corrected chi connectivity index (χ2v) is 8.48. The summed E-state index contributed by atoms with van der Waals surface area (Å²) in [7, 11) is -3.85. The SMILES string of the molecule is Cc1n[nH]c(C)c1S(=O)(=O)NC1COCC1n1nc(-c2ccncc2)ccc1=O. The first-order valence-electron chi connectivity index (χ1n) is 8.99. The molecule has 0 saturated carbocycles. The van der Waals surface area contributed by atoms with E-state index in [0.717, 1.165) is 5.56 Å². The zero-order chi connectivity index (χ0) is 20.6. The van der Waals surface area contributed by atoms with Crippen molar-refractivity contribution in [3.63, 3.8) is 0 Å². The minimum atomic E-state index is -3.85. The number of rotatable bonds is 5. The van der Waals surface area contributed by atoms with Crippen LogP contribution in [0.3, 0.4) is 0 Å². The largest absolute Gasteiger partial charge is 0.377 e. The van der Waals surface area contributed by atoms with Crippen LogP contribution in [-0.4, -0.2) is 52.6 Å². The second kappa shape index (κ2) is 7.50. The summed E-state index contributed by atoms with van der Waals surface area (Å²) >= 11 is 0. The number of hydrogen-bond donors (Lipinski definition) is 2. The quantitative estimate of drug-likeness (QED) is 0.621. The van der Waals surface area contributed by atoms with E-state index in [9.17, 15) is 13.2 Å². The molecule has 0 bridgehead atoms. The van der Waals surface area contributed by atoms with Gasteiger partial charge in [0.2, 0.25) is 10.0 Å². The maximum absolute atomic E-state index is 12.9. The Balaban J connectivity index is 1.66. The molecule has 10 nitrogen and oxygen atoms in total. The lowest BCUT2D eigenvalue weighted by molar-refractivity contribution is 0.182. The van der Waals surface area contributed by atoms with Gasteiger partial charge in [0.25, 0.3) is 5.56 Å². The van der Waals surface area contributed by atoms with Crippen molar-refractivity contribution < 1.29 is 13.2 Å². The first-order chi connectivity index (χ1) is 13.9. The molecule has 0 amide bonds. The summed E-state index contributed by atoms with van der Waals surface area (Å²) in [5.41, 5.74) is 1.87. The average molecular weight is 416 g/mol. The zero-order valence-corrected chi connectivity index (χ0v) is 16.7. The van der Waals surface area contributed by atoms with Gasteiger partial charge in [-0.2, -0.15) is 10.2 Å². The van der Waals surface area contributed by atoms with Crippen molar-refractivity contribution in [2.75, 3.05) is 13.2 Å². The van der Waals surface area contributed by atoms with E-state index >= 15 is 0 Å². The number of ether oxygens (including phenoxy) is 1. The summed E-state index contributed by atoms with van der Waals surface area (Å²) in [6, 6.07) is 5.39. The number of pyridine rings is 1. The number of hydrogen-bond acceptors (Lipinski definition) is 7. The third-order valence-electron chi connectivity index (χ3n) is 4.80. The fraction of sp³-hybridized carbons (Fsp3) is 0.333. The first kappa shape index (κ1) is 19.4. The normalized spacial score (nSPS) is 19.5. The Labute approximate surface area is 167 Å². The summed E-state index contributed by atoms with van der Waals surface area (Å²) < 4.78 is 35.2. The van der Waals surface area contributed by atoms with Crippen molar-refractivity contribution in [3.05, 3.63) is 58.4 Å². The van der Waals surface area contributed by atoms with E-state index in [0.29, 0.717) is 17.1 Å². The molecule has 2 atom stereocenters. The minimum Gasteiger partial charge on any atom is -0.377 e. The van der Waals surface area contributed by atoms with E-state index < -0.39 is 22.1 Å². The maximum atomic E-state index is 12.9. The number of sulfonamides is 1. The third kappa shape index (κ3) is 3.71. The number of H-pyrrole nitrogens is 1. The van der Waals surface area contributed by atoms with Crippen LogP contribution in [0.15, 0.2) is 46.3 Å². The zero-order valence-electron chi connectivity index (χ0n) is 15.9. The molecule has 4 rings (SSSR count). The smallest absolute Gasteiger partial charge is 0.267 e. The molecule has 4 heterocycles. The Kier molecular flexibility index (Phi) is 5.03. The van der Waals surface area contributed by atoms with Crippen LogP contribution in [0.5, 0.6) is 0 Å². The van der Waals surface area contributed by atoms with Crippen molar-refractivity contribution in [2.45, 2.75) is 30.8 Å². The fourth-order valence-electron chi connectivity index (χ4n) is 3.43. The minimum absolute atomic E-state index is 0.106. The van der Waals surface area contributed by atoms with Crippen molar-refractivity contribution in [2.24, 2.45) is 0 Å². The van der Waals surface area contributed by atoms with Crippen LogP contribution < -0.4 is 10.3 Å². The number of nitrogens with zero attached hydrogens (tertiary/aromatic N) is 4. The van der Waals surface area contributed by atoms with E-state index in [1.165, 1.54) is 10.7 Å². The van der Waals surface area contributed by atoms with Gasteiger partial charge in [0.15, 0.2) is 0 Å². The number of aryl methyl sites for hydroxylation is 2. The Morgan fingerprint density at radius 3 is 2.62 bits per heavy atom. The van der Waals surface area contributed by atoms with Gasteiger partial charge in [-0.1, -0.05) is 0 Å². The molecule has 3 aromatic heterocycles. The molecule has 0 spiro atoms. The van der Waals surface area contributed by atoms with Crippen LogP contribution in [0.25, 0.3) is 11.3 Å². The monoisotopic (exact) mass is 416 g/mol. The van der Waals surface area contributed by atoms with E-state index in [1.54, 1.807) is 44.4 Å². The molecular weight excluding hydrogens is 396 g/mol. The third-order valence-corrected chi connectivity index (χ3v) is 6.55. The maximum Gasteiger partial charge on any atom is 0.267 e. The molecule has 0 aliphatic carbocycles. The van der Waals surface area contributed by atoms with Crippen LogP contribution >= 0.6 is 0 Å². The van der Waals surface area contributed by atoms with Gasteiger partial charge in [0.05, 0.1) is 42.4 Å². The number of aromatic amines is 1. The van der Waals surface area contributed by atoms with E-state index in [1.807, 2.05) is 0 Å². The van der Waals surface area contributed by atoms with Crippen molar-refractivity contribution in [1.82, 2.24) is 29.7 Å². The number of aromatic nitrogens is 5. The molecule has 11 heteroatoms. The predicted molar refractivity (Wildman–Crippen MR) is 104 cm³/mol. The Bertz CT molecular complexity index is 1170. The first-order valence-corrected chi connectivity index (χ1v) is 10.5. The summed E-state index contributed by atoms with van der Waals surface area (Å²) in [6.45, 7) is 3.56. The summed E-state index contributed by atoms with van der Waals surface area (Å²) in [5.74, 6) is 0. The van der Waals surface area contributed by atoms with E-state index in [-0.39, 0.29) is 23.7 Å². The van der Waals surface area contributed by atoms with Crippen molar-refractivity contribution in [3.8, 4) is 11.3 Å². The molecule has 1 aliphatic rings. The highest BCUT2D eigenvalue weighted by Gasteiger charge is 2.36. The molecule has 29 heavy (non-hydrogen) atoms. The van der Waals surface area contributed by atoms with Crippen molar-refractivity contribution >= 4 is 10.0 Å². The molecule has 1 fully saturated rings. The highest BCUT2D eigenvalue weighted by molar-refractivity contribution is 7.89. The summed E-state index contributed by atoms with van der Waals surface area (Å²) in [5, 5.41) is 11.1. The summed E-state index contributed by atoms with van der Waals surface area (Å²) in [6.07, 6.45) is 3.27. The van der Waals surface area contributed by atoms with Gasteiger partial charge in [-0.25, -0.2) is 17.8 Å². The lowest BCUT2D eigenvalue weighted by atomic mass is 10.1. The van der Waals surface area contributed by atoms with Gasteiger partial charge in [-0.3, -0.25) is 14.9 Å². The molecule has 0 aromatic carbocycles. The van der Waals surface area contributed by atoms with Gasteiger partial charge in [-0.05, 0) is 32.0 Å². The van der Waals surface area contributed by atoms with Gasteiger partial charge in [0, 0.05) is 24.0 Å². The molecule has 2 unspecified atom stereocenters. The van der Waals surface area contributed by atoms with E-state index in [4.69, 9.17) is 4.74 Å². The van der Waals surface area contributed by atoms with Crippen LogP contribution in [-0.2, 0) is 14.8 Å². The average Bonchev–Trinajstić information content (AvgIpc) is 3.28. The van der Waals surface area contributed by atoms with Crippen LogP contribution in [0.2, 0.25) is 0 Å². The van der Waals surface area contributed by atoms with Crippen LogP contribution in [0.1, 0.15) is 17.4 Å². The highest BCUT2D eigenvalue weighted by atomic mass is 32.2. The Morgan fingerprint density at radius 1 is 1.17 bits per heavy atom. The van der Waals surface area contributed by atoms with E-state index in [2.05, 4.69) is 25.0 Å². The molecule has 3 aromatic rings. The second-order valence-electron chi connectivity index (χ2n) is 6.83. The lowest BCUT2D eigenvalue weighted by Gasteiger charge is -2.20. The van der Waals surface area contributed by atoms with Gasteiger partial charge in [0.1, 0.15) is 4.90 Å². The molecule has 1 aliphatic heterocycles. The molecule has 0 radical (unpaired) electrons. The standard InChI is InChI=1S/C18H20N6O4S/c1-11-18(12(2)21-20-11)29(26,27)23-15-9-28-10-16(15)24-17(25)4-3-14(22-24)13-5-7-19-8-6-13/h3-8,15-16,23H,9-10H2,1-2H3,(H,20,21). The molecule has 1 saturated heterocycles. The number of nitrogens with one attached hydrogen (secondary N) is 2. The van der Waals surface area contributed by atoms with Gasteiger partial charge < -0.3 is 4.74 Å². The van der Waals surface area contributed by atoms with Crippen LogP contribution in [0.4, 0.5) is 0 Å². The van der Waals surface area contributed by atoms with Crippen molar-refractivity contribution in [1.29, 1.82) is 0 Å². The topological polar surface area (TPSA) is 132 Å². The van der Waals surface area contributed by atoms with Gasteiger partial charge in [-0.15, -0.1) is 0 Å². The molecule has 2 N–H and O–H groups in total. The van der Waals surface area contributed by atoms with Crippen LogP contribution in [0, 0.1) is 13.8 Å². The highest BCUT2D eigenvalue weighted by Crippen LogP contribution is 2.23. The fourth-order valence-corrected chi connectivity index (χ4v) is 5.06. The predicted octanol–water partition coefficient (Wildman–Crippen LogP) is 0.564. The lowest BCUT2D eigenvalue weighted by Crippen LogP contribution is -2.44. The summed E-state index contributed by atoms with van der Waals surface area (Å²) in [4.78, 5) is 16.6. The van der Waals surface area contributed by atoms with Gasteiger partial charge >= 0.3 is 0 Å².